The van der Waals surface area contributed by atoms with E-state index in [1.54, 1.807) is 38.7 Å². The Bertz CT molecular complexity index is 922. The van der Waals surface area contributed by atoms with Crippen LogP contribution in [0.4, 0.5) is 5.69 Å². The summed E-state index contributed by atoms with van der Waals surface area (Å²) in [7, 11) is 0. The molecule has 1 nitrogen and oxygen atoms in total. The molecule has 2 aliphatic rings. The van der Waals surface area contributed by atoms with E-state index >= 15 is 0 Å². The first kappa shape index (κ1) is 22.7. The van der Waals surface area contributed by atoms with E-state index in [2.05, 4.69) is 66.8 Å². The van der Waals surface area contributed by atoms with E-state index < -0.39 is 23.2 Å². The number of rotatable bonds is 2. The molecule has 2 aliphatic carbocycles. The van der Waals surface area contributed by atoms with Gasteiger partial charge in [-0.1, -0.05) is 18.2 Å². The summed E-state index contributed by atoms with van der Waals surface area (Å²) in [6, 6.07) is 26.7. The summed E-state index contributed by atoms with van der Waals surface area (Å²) in [6.07, 6.45) is 8.08. The molecule has 0 heterocycles. The van der Waals surface area contributed by atoms with E-state index in [0.29, 0.717) is 9.31 Å². The van der Waals surface area contributed by atoms with Gasteiger partial charge >= 0.3 is 126 Å². The predicted molar refractivity (Wildman–Crippen MR) is 104 cm³/mol. The van der Waals surface area contributed by atoms with E-state index in [1.165, 1.54) is 17.5 Å². The molecular formula is C24H19Cl2NZr. The topological polar surface area (TPSA) is 22.3 Å². The molecule has 5 rings (SSSR count). The number of hydrogen-bond acceptors (Lipinski definition) is 0. The summed E-state index contributed by atoms with van der Waals surface area (Å²) in [5.41, 5.74) is 15.0. The molecule has 0 fully saturated rings. The number of nitrogens with zero attached hydrogens (tertiary/aromatic N) is 1. The zero-order chi connectivity index (χ0) is 17.8. The van der Waals surface area contributed by atoms with E-state index in [4.69, 9.17) is 5.73 Å². The summed E-state index contributed by atoms with van der Waals surface area (Å²) in [5.74, 6) is 0. The van der Waals surface area contributed by atoms with Gasteiger partial charge in [-0.3, -0.25) is 0 Å². The van der Waals surface area contributed by atoms with Gasteiger partial charge in [-0.25, -0.2) is 0 Å². The Kier molecular flexibility index (Phi) is 8.76. The second-order valence-electron chi connectivity index (χ2n) is 6.41. The smallest absolute Gasteiger partial charge is 0.0857 e. The minimum absolute atomic E-state index is 0. The predicted octanol–water partition coefficient (Wildman–Crippen LogP) is 0.0775. The largest absolute Gasteiger partial charge is 1.00 e. The molecule has 0 aliphatic heterocycles. The molecule has 0 bridgehead atoms. The number of halogens is 2. The zero-order valence-corrected chi connectivity index (χ0v) is 19.2. The fourth-order valence-electron chi connectivity index (χ4n) is 3.48. The monoisotopic (exact) mass is 481 g/mol. The molecule has 4 heteroatoms. The number of benzene rings is 3. The minimum Gasteiger partial charge on any atom is -1.00 e. The Labute approximate surface area is 191 Å². The summed E-state index contributed by atoms with van der Waals surface area (Å²) >= 11 is -0.570. The van der Waals surface area contributed by atoms with Crippen LogP contribution in [0.5, 0.6) is 0 Å². The maximum atomic E-state index is 8.63. The number of fused-ring (bicyclic) bond motifs is 3. The Morgan fingerprint density at radius 2 is 1.25 bits per heavy atom. The Balaban J connectivity index is 0.000000269. The first-order chi connectivity index (χ1) is 12.8. The minimum atomic E-state index is -0.570. The van der Waals surface area contributed by atoms with E-state index in [-0.39, 0.29) is 24.8 Å². The fraction of sp³-hybridized carbons (Fsp3) is 0.0833. The van der Waals surface area contributed by atoms with Gasteiger partial charge in [-0.05, 0) is 12.1 Å². The third-order valence-electron chi connectivity index (χ3n) is 4.69. The van der Waals surface area contributed by atoms with Crippen LogP contribution in [0.2, 0.25) is 0 Å². The molecule has 0 atom stereocenters. The number of allylic oxidation sites excluding steroid dienone is 4. The summed E-state index contributed by atoms with van der Waals surface area (Å²) in [6.45, 7) is 0. The van der Waals surface area contributed by atoms with Crippen molar-refractivity contribution in [1.82, 2.24) is 5.73 Å². The fourth-order valence-corrected chi connectivity index (χ4v) is 7.44. The summed E-state index contributed by atoms with van der Waals surface area (Å²) < 4.78 is 2.43. The van der Waals surface area contributed by atoms with Crippen LogP contribution in [0.25, 0.3) is 11.1 Å². The molecule has 138 valence electrons. The molecule has 0 unspecified atom stereocenters. The van der Waals surface area contributed by atoms with Crippen LogP contribution in [-0.4, -0.2) is 0 Å². The van der Waals surface area contributed by atoms with Gasteiger partial charge < -0.3 is 24.8 Å². The maximum absolute atomic E-state index is 8.63. The molecule has 3 aromatic carbocycles. The van der Waals surface area contributed by atoms with Crippen LogP contribution in [0.15, 0.2) is 100 Å². The summed E-state index contributed by atoms with van der Waals surface area (Å²) in [4.78, 5) is 0. The Hall–Kier alpha value is -1.60. The molecule has 28 heavy (non-hydrogen) atoms. The van der Waals surface area contributed by atoms with Gasteiger partial charge in [-0.15, -0.1) is 0 Å². The number of hydrogen-bond donors (Lipinski definition) is 0. The van der Waals surface area contributed by atoms with Crippen molar-refractivity contribution >= 4 is 5.69 Å². The first-order valence-corrected chi connectivity index (χ1v) is 11.5. The molecule has 3 aromatic rings. The van der Waals surface area contributed by atoms with Crippen molar-refractivity contribution in [3.63, 3.8) is 0 Å². The molecule has 0 aromatic heterocycles. The van der Waals surface area contributed by atoms with Gasteiger partial charge in [0, 0.05) is 0 Å². The zero-order valence-electron chi connectivity index (χ0n) is 15.2. The molecule has 0 amide bonds. The molecular weight excluding hydrogens is 464 g/mol. The van der Waals surface area contributed by atoms with Gasteiger partial charge in [0.2, 0.25) is 0 Å². The van der Waals surface area contributed by atoms with Crippen LogP contribution in [-0.2, 0) is 23.2 Å². The Morgan fingerprint density at radius 3 is 1.71 bits per heavy atom. The second kappa shape index (κ2) is 10.8. The standard InChI is InChI=1S/C13H9.C6H5N.C5H5.2ClH.Zr/c1-3-7-12-10(5-1)9-11-6-2-4-8-13(11)12;7-6-4-2-1-3-5-6;1-2-4-5-3-1;;;/h1-9H;1-5H;1-3H,4H2;2*1H;/q;;;;;+2/p-2. The van der Waals surface area contributed by atoms with Crippen molar-refractivity contribution in [1.29, 1.82) is 0 Å². The van der Waals surface area contributed by atoms with Crippen molar-refractivity contribution < 1.29 is 48.0 Å². The van der Waals surface area contributed by atoms with Gasteiger partial charge in [0.15, 0.2) is 0 Å². The van der Waals surface area contributed by atoms with Gasteiger partial charge in [0.25, 0.3) is 0 Å². The van der Waals surface area contributed by atoms with Crippen molar-refractivity contribution in [2.75, 3.05) is 0 Å². The van der Waals surface area contributed by atoms with Crippen molar-refractivity contribution in [3.8, 4) is 11.1 Å². The average molecular weight is 484 g/mol. The van der Waals surface area contributed by atoms with Crippen LogP contribution in [0, 0.1) is 0 Å². The van der Waals surface area contributed by atoms with Gasteiger partial charge in [-0.2, -0.15) is 5.73 Å². The average Bonchev–Trinajstić information content (AvgIpc) is 3.31. The van der Waals surface area contributed by atoms with E-state index in [0.717, 1.165) is 0 Å². The van der Waals surface area contributed by atoms with Gasteiger partial charge in [0.05, 0.1) is 5.69 Å². The third kappa shape index (κ3) is 5.06. The molecule has 0 N–H and O–H groups in total. The van der Waals surface area contributed by atoms with E-state index in [1.807, 2.05) is 6.07 Å². The molecule has 0 spiro atoms. The third-order valence-corrected chi connectivity index (χ3v) is 8.75. The molecule has 0 saturated carbocycles. The van der Waals surface area contributed by atoms with Crippen LogP contribution >= 0.6 is 0 Å². The molecule has 2 radical (unpaired) electrons. The van der Waals surface area contributed by atoms with Crippen LogP contribution < -0.4 is 30.5 Å². The van der Waals surface area contributed by atoms with Crippen LogP contribution in [0.1, 0.15) is 21.2 Å². The first-order valence-electron chi connectivity index (χ1n) is 8.87. The van der Waals surface area contributed by atoms with Crippen molar-refractivity contribution in [2.24, 2.45) is 0 Å². The van der Waals surface area contributed by atoms with Crippen molar-refractivity contribution in [2.45, 2.75) is 10.0 Å². The van der Waals surface area contributed by atoms with Crippen LogP contribution in [0.3, 0.4) is 0 Å². The molecule has 0 saturated heterocycles. The SMILES string of the molecule is C1=CC[C]([Zr+2][CH]2c3ccccc3-c3ccccc32)=C1.[Cl-].[Cl-].[N]c1ccccc1. The van der Waals surface area contributed by atoms with E-state index in [9.17, 15) is 0 Å². The normalized spacial score (nSPS) is 12.9. The quantitative estimate of drug-likeness (QED) is 0.493. The van der Waals surface area contributed by atoms with Gasteiger partial charge in [0.1, 0.15) is 0 Å². The Morgan fingerprint density at radius 1 is 0.714 bits per heavy atom. The van der Waals surface area contributed by atoms with Crippen molar-refractivity contribution in [3.05, 3.63) is 111 Å². The maximum Gasteiger partial charge on any atom is 0.0857 e. The summed E-state index contributed by atoms with van der Waals surface area (Å²) in [5, 5.41) is 0. The second-order valence-corrected chi connectivity index (χ2v) is 10.1.